The Morgan fingerprint density at radius 1 is 1.36 bits per heavy atom. The summed E-state index contributed by atoms with van der Waals surface area (Å²) < 4.78 is 0. The number of hydrogen-bond acceptors (Lipinski definition) is 1. The zero-order chi connectivity index (χ0) is 11.1. The van der Waals surface area contributed by atoms with E-state index in [0.717, 1.165) is 12.8 Å². The van der Waals surface area contributed by atoms with Gasteiger partial charge in [0.2, 0.25) is 5.91 Å². The number of hydrogen-bond donors (Lipinski definition) is 1. The molecule has 0 saturated carbocycles. The van der Waals surface area contributed by atoms with Crippen molar-refractivity contribution in [2.24, 2.45) is 11.8 Å². The van der Waals surface area contributed by atoms with E-state index in [9.17, 15) is 4.79 Å². The molecule has 0 aromatic rings. The molecule has 0 rings (SSSR count). The molecule has 0 aromatic carbocycles. The molecule has 3 heteroatoms. The Kier molecular flexibility index (Phi) is 6.98. The molecule has 0 spiro atoms. The summed E-state index contributed by atoms with van der Waals surface area (Å²) in [6, 6.07) is 0. The highest BCUT2D eigenvalue weighted by atomic mass is 35.5. The topological polar surface area (TPSA) is 29.1 Å². The lowest BCUT2D eigenvalue weighted by Gasteiger charge is -2.16. The molecule has 1 amide bonds. The predicted molar refractivity (Wildman–Crippen MR) is 61.6 cm³/mol. The van der Waals surface area contributed by atoms with Gasteiger partial charge in [-0.3, -0.25) is 4.79 Å². The molecule has 14 heavy (non-hydrogen) atoms. The van der Waals surface area contributed by atoms with Crippen molar-refractivity contribution < 1.29 is 4.79 Å². The van der Waals surface area contributed by atoms with Gasteiger partial charge >= 0.3 is 0 Å². The average Bonchev–Trinajstić information content (AvgIpc) is 2.13. The first-order valence-electron chi connectivity index (χ1n) is 5.40. The second-order valence-corrected chi connectivity index (χ2v) is 4.76. The van der Waals surface area contributed by atoms with Crippen LogP contribution in [0.1, 0.15) is 40.5 Å². The highest BCUT2D eigenvalue weighted by Gasteiger charge is 2.14. The molecule has 0 saturated heterocycles. The maximum absolute atomic E-state index is 11.5. The summed E-state index contributed by atoms with van der Waals surface area (Å²) in [4.78, 5) is 11.5. The van der Waals surface area contributed by atoms with E-state index in [2.05, 4.69) is 26.1 Å². The van der Waals surface area contributed by atoms with Gasteiger partial charge in [-0.25, -0.2) is 0 Å². The van der Waals surface area contributed by atoms with Crippen LogP contribution in [-0.2, 0) is 4.79 Å². The first-order chi connectivity index (χ1) is 6.49. The second kappa shape index (κ2) is 7.10. The lowest BCUT2D eigenvalue weighted by atomic mass is 10.1. The molecule has 0 heterocycles. The summed E-state index contributed by atoms with van der Waals surface area (Å²) in [7, 11) is 0. The molecule has 1 N–H and O–H groups in total. The zero-order valence-corrected chi connectivity index (χ0v) is 10.4. The largest absolute Gasteiger partial charge is 0.354 e. The van der Waals surface area contributed by atoms with E-state index in [1.54, 1.807) is 0 Å². The number of halogens is 1. The smallest absolute Gasteiger partial charge is 0.222 e. The van der Waals surface area contributed by atoms with Crippen LogP contribution in [0.5, 0.6) is 0 Å². The Labute approximate surface area is 92.4 Å². The van der Waals surface area contributed by atoms with Crippen LogP contribution in [0.4, 0.5) is 0 Å². The summed E-state index contributed by atoms with van der Waals surface area (Å²) in [5, 5.41) is 2.91. The first-order valence-corrected chi connectivity index (χ1v) is 5.84. The van der Waals surface area contributed by atoms with E-state index in [1.165, 1.54) is 0 Å². The van der Waals surface area contributed by atoms with Gasteiger partial charge < -0.3 is 5.32 Å². The Morgan fingerprint density at radius 2 is 1.93 bits per heavy atom. The van der Waals surface area contributed by atoms with Gasteiger partial charge in [0, 0.05) is 12.5 Å². The quantitative estimate of drug-likeness (QED) is 0.684. The third-order valence-corrected chi connectivity index (χ3v) is 3.02. The van der Waals surface area contributed by atoms with E-state index in [4.69, 9.17) is 11.6 Å². The molecule has 0 radical (unpaired) electrons. The molecule has 0 aliphatic rings. The fraction of sp³-hybridized carbons (Fsp3) is 0.909. The lowest BCUT2D eigenvalue weighted by Crippen LogP contribution is -2.35. The minimum absolute atomic E-state index is 0.0350. The number of rotatable bonds is 6. The molecule has 2 nitrogen and oxygen atoms in total. The summed E-state index contributed by atoms with van der Waals surface area (Å²) in [6.07, 6.45) is 1.99. The van der Waals surface area contributed by atoms with Crippen molar-refractivity contribution in [2.75, 3.05) is 6.54 Å². The van der Waals surface area contributed by atoms with Gasteiger partial charge in [-0.1, -0.05) is 34.1 Å². The molecule has 2 atom stereocenters. The number of nitrogens with one attached hydrogen (secondary N) is 1. The Bertz CT molecular complexity index is 171. The molecule has 0 fully saturated rings. The van der Waals surface area contributed by atoms with Crippen LogP contribution in [0.15, 0.2) is 0 Å². The van der Waals surface area contributed by atoms with Crippen molar-refractivity contribution in [2.45, 2.75) is 45.9 Å². The molecule has 2 unspecified atom stereocenters. The molecular formula is C11H22ClNO. The Balaban J connectivity index is 3.73. The van der Waals surface area contributed by atoms with Crippen molar-refractivity contribution in [3.8, 4) is 0 Å². The zero-order valence-electron chi connectivity index (χ0n) is 9.64. The van der Waals surface area contributed by atoms with Crippen molar-refractivity contribution in [3.63, 3.8) is 0 Å². The van der Waals surface area contributed by atoms with Crippen LogP contribution in [0, 0.1) is 11.8 Å². The third kappa shape index (κ3) is 5.48. The number of amides is 1. The van der Waals surface area contributed by atoms with Gasteiger partial charge in [-0.15, -0.1) is 11.6 Å². The fourth-order valence-electron chi connectivity index (χ4n) is 1.17. The normalized spacial score (nSPS) is 15.3. The molecule has 0 aliphatic heterocycles. The summed E-state index contributed by atoms with van der Waals surface area (Å²) >= 11 is 6.03. The standard InChI is InChI=1S/C11H22ClNO/c1-5-6-9(4)11(14)13-7-10(12)8(2)3/h8-10H,5-7H2,1-4H3,(H,13,14). The van der Waals surface area contributed by atoms with Gasteiger partial charge in [0.15, 0.2) is 0 Å². The summed E-state index contributed by atoms with van der Waals surface area (Å²) in [5.41, 5.74) is 0. The SMILES string of the molecule is CCCC(C)C(=O)NCC(Cl)C(C)C. The second-order valence-electron chi connectivity index (χ2n) is 4.19. The maximum Gasteiger partial charge on any atom is 0.222 e. The lowest BCUT2D eigenvalue weighted by molar-refractivity contribution is -0.124. The Morgan fingerprint density at radius 3 is 2.36 bits per heavy atom. The minimum atomic E-state index is 0.0350. The van der Waals surface area contributed by atoms with Gasteiger partial charge in [-0.05, 0) is 12.3 Å². The van der Waals surface area contributed by atoms with Gasteiger partial charge in [-0.2, -0.15) is 0 Å². The van der Waals surface area contributed by atoms with E-state index < -0.39 is 0 Å². The van der Waals surface area contributed by atoms with Crippen molar-refractivity contribution in [1.82, 2.24) is 5.32 Å². The predicted octanol–water partition coefficient (Wildman–Crippen LogP) is 2.80. The Hall–Kier alpha value is -0.240. The molecular weight excluding hydrogens is 198 g/mol. The van der Waals surface area contributed by atoms with Gasteiger partial charge in [0.1, 0.15) is 0 Å². The van der Waals surface area contributed by atoms with Crippen LogP contribution in [0.2, 0.25) is 0 Å². The number of carbonyl (C=O) groups is 1. The van der Waals surface area contributed by atoms with Crippen LogP contribution in [-0.4, -0.2) is 17.8 Å². The summed E-state index contributed by atoms with van der Waals surface area (Å²) in [6.45, 7) is 8.73. The monoisotopic (exact) mass is 219 g/mol. The first kappa shape index (κ1) is 13.8. The van der Waals surface area contributed by atoms with Crippen molar-refractivity contribution in [3.05, 3.63) is 0 Å². The van der Waals surface area contributed by atoms with Gasteiger partial charge in [0.05, 0.1) is 5.38 Å². The fourth-order valence-corrected chi connectivity index (χ4v) is 1.25. The maximum atomic E-state index is 11.5. The third-order valence-electron chi connectivity index (χ3n) is 2.36. The van der Waals surface area contributed by atoms with Crippen LogP contribution in [0.3, 0.4) is 0 Å². The van der Waals surface area contributed by atoms with Crippen molar-refractivity contribution in [1.29, 1.82) is 0 Å². The average molecular weight is 220 g/mol. The molecule has 84 valence electrons. The van der Waals surface area contributed by atoms with Crippen LogP contribution in [0.25, 0.3) is 0 Å². The van der Waals surface area contributed by atoms with Crippen LogP contribution >= 0.6 is 11.6 Å². The molecule has 0 aliphatic carbocycles. The molecule has 0 bridgehead atoms. The number of alkyl halides is 1. The highest BCUT2D eigenvalue weighted by molar-refractivity contribution is 6.21. The number of carbonyl (C=O) groups excluding carboxylic acids is 1. The molecule has 0 aromatic heterocycles. The van der Waals surface area contributed by atoms with E-state index >= 15 is 0 Å². The van der Waals surface area contributed by atoms with Crippen molar-refractivity contribution >= 4 is 17.5 Å². The summed E-state index contributed by atoms with van der Waals surface area (Å²) in [5.74, 6) is 0.632. The van der Waals surface area contributed by atoms with Gasteiger partial charge in [0.25, 0.3) is 0 Å². The van der Waals surface area contributed by atoms with E-state index in [0.29, 0.717) is 12.5 Å². The minimum Gasteiger partial charge on any atom is -0.354 e. The van der Waals surface area contributed by atoms with E-state index in [-0.39, 0.29) is 17.2 Å². The highest BCUT2D eigenvalue weighted by Crippen LogP contribution is 2.09. The van der Waals surface area contributed by atoms with Crippen LogP contribution < -0.4 is 5.32 Å². The van der Waals surface area contributed by atoms with E-state index in [1.807, 2.05) is 6.92 Å².